The number of piperidine rings is 1. The van der Waals surface area contributed by atoms with Crippen molar-refractivity contribution in [1.82, 2.24) is 10.2 Å². The van der Waals surface area contributed by atoms with E-state index >= 15 is 0 Å². The first-order chi connectivity index (χ1) is 10.9. The lowest BCUT2D eigenvalue weighted by Gasteiger charge is -2.32. The molecule has 0 atom stereocenters. The lowest BCUT2D eigenvalue weighted by Crippen LogP contribution is -2.47. The van der Waals surface area contributed by atoms with Crippen LogP contribution in [0.3, 0.4) is 0 Å². The highest BCUT2D eigenvalue weighted by atomic mass is 35.5. The Balaban J connectivity index is 1.98. The fourth-order valence-corrected chi connectivity index (χ4v) is 2.76. The van der Waals surface area contributed by atoms with Crippen molar-refractivity contribution in [2.75, 3.05) is 32.5 Å². The zero-order valence-electron chi connectivity index (χ0n) is 12.8. The van der Waals surface area contributed by atoms with Crippen molar-refractivity contribution < 1.29 is 19.4 Å². The first kappa shape index (κ1) is 17.4. The van der Waals surface area contributed by atoms with Crippen LogP contribution in [0.5, 0.6) is 5.75 Å². The van der Waals surface area contributed by atoms with Crippen molar-refractivity contribution in [1.29, 1.82) is 0 Å². The smallest absolute Gasteiger partial charge is 0.255 e. The summed E-state index contributed by atoms with van der Waals surface area (Å²) < 4.78 is 5.17. The number of carbonyl (C=O) groups excluding carboxylic acids is 2. The Morgan fingerprint density at radius 2 is 2.09 bits per heavy atom. The van der Waals surface area contributed by atoms with E-state index in [1.165, 1.54) is 19.2 Å². The normalized spacial score (nSPS) is 16.1. The van der Waals surface area contributed by atoms with E-state index in [0.29, 0.717) is 48.0 Å². The molecule has 1 heterocycles. The van der Waals surface area contributed by atoms with Gasteiger partial charge in [0.25, 0.3) is 5.91 Å². The Morgan fingerprint density at radius 3 is 2.65 bits per heavy atom. The third-order valence-corrected chi connectivity index (χ3v) is 4.17. The van der Waals surface area contributed by atoms with Crippen LogP contribution in [0, 0.1) is 0 Å². The Kier molecular flexibility index (Phi) is 5.68. The number of hydrogen-bond acceptors (Lipinski definition) is 6. The van der Waals surface area contributed by atoms with Gasteiger partial charge in [0.05, 0.1) is 29.4 Å². The zero-order chi connectivity index (χ0) is 17.0. The number of rotatable bonds is 5. The quantitative estimate of drug-likeness (QED) is 0.723. The van der Waals surface area contributed by atoms with E-state index in [-0.39, 0.29) is 18.5 Å². The van der Waals surface area contributed by atoms with Gasteiger partial charge < -0.3 is 25.7 Å². The van der Waals surface area contributed by atoms with Gasteiger partial charge in [-0.05, 0) is 18.9 Å². The minimum atomic E-state index is -1.09. The molecule has 1 amide bonds. The maximum atomic E-state index is 12.4. The number of aliphatic carboxylic acids is 1. The van der Waals surface area contributed by atoms with Crippen molar-refractivity contribution >= 4 is 29.2 Å². The third-order valence-electron chi connectivity index (χ3n) is 3.84. The number of carbonyl (C=O) groups is 2. The molecule has 1 saturated heterocycles. The van der Waals surface area contributed by atoms with Crippen LogP contribution in [0.2, 0.25) is 5.02 Å². The lowest BCUT2D eigenvalue weighted by atomic mass is 10.0. The van der Waals surface area contributed by atoms with E-state index in [1.54, 1.807) is 4.90 Å². The van der Waals surface area contributed by atoms with Gasteiger partial charge in [-0.25, -0.2) is 0 Å². The third kappa shape index (κ3) is 4.49. The Hall–Kier alpha value is -1.99. The summed E-state index contributed by atoms with van der Waals surface area (Å²) in [5.74, 6) is -1.02. The Bertz CT molecular complexity index is 601. The molecule has 1 aliphatic rings. The highest BCUT2D eigenvalue weighted by molar-refractivity contribution is 6.33. The number of carboxylic acid groups (broad SMARTS) is 1. The van der Waals surface area contributed by atoms with Crippen molar-refractivity contribution in [3.63, 3.8) is 0 Å². The minimum absolute atomic E-state index is 0.0264. The van der Waals surface area contributed by atoms with E-state index in [9.17, 15) is 14.7 Å². The summed E-state index contributed by atoms with van der Waals surface area (Å²) in [5, 5.41) is 13.8. The van der Waals surface area contributed by atoms with Gasteiger partial charge in [-0.3, -0.25) is 9.69 Å². The second-order valence-corrected chi connectivity index (χ2v) is 5.88. The predicted molar refractivity (Wildman–Crippen MR) is 84.4 cm³/mol. The summed E-state index contributed by atoms with van der Waals surface area (Å²) in [6, 6.07) is 2.97. The summed E-state index contributed by atoms with van der Waals surface area (Å²) in [5.41, 5.74) is 6.37. The number of likely N-dealkylation sites (tertiary alicyclic amines) is 1. The molecule has 0 bridgehead atoms. The van der Waals surface area contributed by atoms with Crippen LogP contribution in [0.1, 0.15) is 23.2 Å². The number of ether oxygens (including phenoxy) is 1. The van der Waals surface area contributed by atoms with E-state index in [4.69, 9.17) is 22.1 Å². The molecule has 0 saturated carbocycles. The van der Waals surface area contributed by atoms with Crippen molar-refractivity contribution in [2.24, 2.45) is 0 Å². The van der Waals surface area contributed by atoms with Crippen LogP contribution in [0.25, 0.3) is 0 Å². The number of nitrogens with zero attached hydrogens (tertiary/aromatic N) is 1. The number of nitrogen functional groups attached to an aromatic ring is 1. The fourth-order valence-electron chi connectivity index (χ4n) is 2.60. The Morgan fingerprint density at radius 1 is 1.43 bits per heavy atom. The molecule has 1 aromatic rings. The van der Waals surface area contributed by atoms with Crippen LogP contribution in [-0.2, 0) is 4.79 Å². The van der Waals surface area contributed by atoms with E-state index in [1.807, 2.05) is 0 Å². The molecule has 0 aliphatic carbocycles. The first-order valence-corrected chi connectivity index (χ1v) is 7.64. The van der Waals surface area contributed by atoms with Gasteiger partial charge in [-0.1, -0.05) is 11.6 Å². The van der Waals surface area contributed by atoms with Gasteiger partial charge in [0.1, 0.15) is 5.75 Å². The second-order valence-electron chi connectivity index (χ2n) is 5.47. The molecule has 2 rings (SSSR count). The molecule has 1 fully saturated rings. The maximum Gasteiger partial charge on any atom is 0.255 e. The molecular formula is C15H19ClN3O4-. The average Bonchev–Trinajstić information content (AvgIpc) is 2.50. The molecular weight excluding hydrogens is 322 g/mol. The van der Waals surface area contributed by atoms with E-state index in [0.717, 1.165) is 0 Å². The molecule has 0 unspecified atom stereocenters. The lowest BCUT2D eigenvalue weighted by molar-refractivity contribution is -0.306. The average molecular weight is 341 g/mol. The van der Waals surface area contributed by atoms with E-state index < -0.39 is 5.97 Å². The minimum Gasteiger partial charge on any atom is -0.549 e. The fraction of sp³-hybridized carbons (Fsp3) is 0.467. The van der Waals surface area contributed by atoms with Crippen molar-refractivity contribution in [3.8, 4) is 5.75 Å². The van der Waals surface area contributed by atoms with Crippen LogP contribution in [-0.4, -0.2) is 49.6 Å². The predicted octanol–water partition coefficient (Wildman–Crippen LogP) is -0.125. The molecule has 3 N–H and O–H groups in total. The molecule has 23 heavy (non-hydrogen) atoms. The highest BCUT2D eigenvalue weighted by Gasteiger charge is 2.23. The van der Waals surface area contributed by atoms with Gasteiger partial charge in [-0.15, -0.1) is 0 Å². The van der Waals surface area contributed by atoms with Crippen LogP contribution in [0.4, 0.5) is 5.69 Å². The van der Waals surface area contributed by atoms with Gasteiger partial charge in [0.2, 0.25) is 0 Å². The van der Waals surface area contributed by atoms with Gasteiger partial charge in [-0.2, -0.15) is 0 Å². The monoisotopic (exact) mass is 340 g/mol. The van der Waals surface area contributed by atoms with E-state index in [2.05, 4.69) is 5.32 Å². The summed E-state index contributed by atoms with van der Waals surface area (Å²) >= 11 is 5.97. The van der Waals surface area contributed by atoms with Crippen LogP contribution in [0.15, 0.2) is 12.1 Å². The number of carboxylic acids is 1. The molecule has 0 radical (unpaired) electrons. The number of methoxy groups -OCH3 is 1. The number of anilines is 1. The van der Waals surface area contributed by atoms with Crippen molar-refractivity contribution in [2.45, 2.75) is 18.9 Å². The topological polar surface area (TPSA) is 108 Å². The maximum absolute atomic E-state index is 12.4. The highest BCUT2D eigenvalue weighted by Crippen LogP contribution is 2.29. The molecule has 0 aromatic heterocycles. The summed E-state index contributed by atoms with van der Waals surface area (Å²) in [6.07, 6.45) is 1.34. The van der Waals surface area contributed by atoms with Crippen molar-refractivity contribution in [3.05, 3.63) is 22.7 Å². The van der Waals surface area contributed by atoms with Gasteiger partial charge >= 0.3 is 0 Å². The van der Waals surface area contributed by atoms with Gasteiger partial charge in [0.15, 0.2) is 0 Å². The number of hydrogen-bond donors (Lipinski definition) is 2. The summed E-state index contributed by atoms with van der Waals surface area (Å²) in [6.45, 7) is 1.11. The zero-order valence-corrected chi connectivity index (χ0v) is 13.6. The van der Waals surface area contributed by atoms with Crippen LogP contribution >= 0.6 is 11.6 Å². The van der Waals surface area contributed by atoms with Gasteiger partial charge in [0, 0.05) is 31.7 Å². The number of benzene rings is 1. The summed E-state index contributed by atoms with van der Waals surface area (Å²) in [4.78, 5) is 24.8. The second kappa shape index (κ2) is 7.52. The Labute approximate surface area is 139 Å². The molecule has 8 heteroatoms. The molecule has 0 spiro atoms. The standard InChI is InChI=1S/C15H20ClN3O4/c1-23-13-7-12(17)11(16)6-10(13)15(22)18-9-2-4-19(5-3-9)8-14(20)21/h6-7,9H,2-5,8,17H2,1H3,(H,18,22)(H,20,21)/p-1. The molecule has 1 aromatic carbocycles. The van der Waals surface area contributed by atoms with Crippen LogP contribution < -0.4 is 20.9 Å². The molecule has 7 nitrogen and oxygen atoms in total. The number of nitrogens with one attached hydrogen (secondary N) is 1. The largest absolute Gasteiger partial charge is 0.549 e. The number of amides is 1. The molecule has 126 valence electrons. The SMILES string of the molecule is COc1cc(N)c(Cl)cc1C(=O)NC1CCN(CC(=O)[O-])CC1. The number of nitrogens with two attached hydrogens (primary N) is 1. The molecule has 1 aliphatic heterocycles. The summed E-state index contributed by atoms with van der Waals surface area (Å²) in [7, 11) is 1.46. The number of halogens is 1. The first-order valence-electron chi connectivity index (χ1n) is 7.26.